The van der Waals surface area contributed by atoms with Gasteiger partial charge in [0.1, 0.15) is 5.75 Å². The molecule has 0 saturated heterocycles. The van der Waals surface area contributed by atoms with Crippen molar-refractivity contribution in [1.29, 1.82) is 0 Å². The zero-order chi connectivity index (χ0) is 16.4. The van der Waals surface area contributed by atoms with Crippen molar-refractivity contribution in [2.75, 3.05) is 11.4 Å². The molecular formula is C21H17NOS. The number of rotatable bonds is 3. The Hall–Kier alpha value is -2.65. The van der Waals surface area contributed by atoms with Crippen LogP contribution < -0.4 is 9.04 Å². The zero-order valence-corrected chi connectivity index (χ0v) is 14.2. The molecule has 2 nitrogen and oxygen atoms in total. The highest BCUT2D eigenvalue weighted by molar-refractivity contribution is 8.01. The molecule has 1 aliphatic heterocycles. The van der Waals surface area contributed by atoms with Gasteiger partial charge in [0, 0.05) is 16.7 Å². The average Bonchev–Trinajstić information content (AvgIpc) is 2.68. The molecule has 3 aromatic rings. The molecule has 0 N–H and O–H groups in total. The van der Waals surface area contributed by atoms with Crippen LogP contribution in [0.5, 0.6) is 5.75 Å². The summed E-state index contributed by atoms with van der Waals surface area (Å²) in [5, 5.41) is 0. The Balaban J connectivity index is 1.80. The summed E-state index contributed by atoms with van der Waals surface area (Å²) in [6, 6.07) is 27.2. The van der Waals surface area contributed by atoms with E-state index in [1.165, 1.54) is 21.6 Å². The number of ether oxygens (including phenoxy) is 1. The van der Waals surface area contributed by atoms with Crippen molar-refractivity contribution in [2.45, 2.75) is 4.90 Å². The van der Waals surface area contributed by atoms with Crippen molar-refractivity contribution in [3.8, 4) is 5.75 Å². The first-order valence-electron chi connectivity index (χ1n) is 7.83. The van der Waals surface area contributed by atoms with E-state index in [4.69, 9.17) is 4.74 Å². The first-order valence-corrected chi connectivity index (χ1v) is 8.60. The van der Waals surface area contributed by atoms with E-state index >= 15 is 0 Å². The number of hydrogen-bond acceptors (Lipinski definition) is 3. The van der Waals surface area contributed by atoms with E-state index in [0.29, 0.717) is 0 Å². The number of methoxy groups -OCH3 is 1. The molecule has 0 atom stereocenters. The van der Waals surface area contributed by atoms with E-state index in [1.54, 1.807) is 19.1 Å². The lowest BCUT2D eigenvalue weighted by atomic mass is 9.98. The van der Waals surface area contributed by atoms with Crippen LogP contribution in [0.1, 0.15) is 11.1 Å². The maximum Gasteiger partial charge on any atom is 0.119 e. The molecule has 3 heteroatoms. The van der Waals surface area contributed by atoms with Crippen molar-refractivity contribution in [1.82, 2.24) is 0 Å². The second-order valence-corrected chi connectivity index (χ2v) is 6.54. The van der Waals surface area contributed by atoms with Gasteiger partial charge in [-0.25, -0.2) is 0 Å². The quantitative estimate of drug-likeness (QED) is 0.579. The van der Waals surface area contributed by atoms with Gasteiger partial charge in [0.25, 0.3) is 0 Å². The Morgan fingerprint density at radius 2 is 1.50 bits per heavy atom. The molecule has 0 amide bonds. The summed E-state index contributed by atoms with van der Waals surface area (Å²) in [5.41, 5.74) is 4.87. The highest BCUT2D eigenvalue weighted by atomic mass is 32.2. The lowest BCUT2D eigenvalue weighted by molar-refractivity contribution is 0.415. The highest BCUT2D eigenvalue weighted by Gasteiger charge is 2.20. The number of nitrogens with zero attached hydrogens (tertiary/aromatic N) is 1. The van der Waals surface area contributed by atoms with Crippen molar-refractivity contribution in [2.24, 2.45) is 0 Å². The van der Waals surface area contributed by atoms with Gasteiger partial charge in [-0.05, 0) is 53.4 Å². The van der Waals surface area contributed by atoms with Gasteiger partial charge in [0.05, 0.1) is 12.8 Å². The molecule has 4 rings (SSSR count). The predicted octanol–water partition coefficient (Wildman–Crippen LogP) is 5.61. The largest absolute Gasteiger partial charge is 0.497 e. The molecule has 0 spiro atoms. The first-order chi connectivity index (χ1) is 11.8. The molecule has 1 heterocycles. The minimum atomic E-state index is 0.869. The van der Waals surface area contributed by atoms with Crippen LogP contribution in [0, 0.1) is 0 Å². The fourth-order valence-corrected chi connectivity index (χ4v) is 3.80. The monoisotopic (exact) mass is 331 g/mol. The number of benzene rings is 3. The van der Waals surface area contributed by atoms with Gasteiger partial charge in [-0.2, -0.15) is 0 Å². The summed E-state index contributed by atoms with van der Waals surface area (Å²) in [7, 11) is 1.69. The molecule has 0 saturated carbocycles. The maximum absolute atomic E-state index is 5.26. The van der Waals surface area contributed by atoms with Crippen molar-refractivity contribution in [3.63, 3.8) is 0 Å². The van der Waals surface area contributed by atoms with Gasteiger partial charge in [-0.1, -0.05) is 48.5 Å². The van der Waals surface area contributed by atoms with Gasteiger partial charge < -0.3 is 4.74 Å². The minimum Gasteiger partial charge on any atom is -0.497 e. The Bertz CT molecular complexity index is 872. The fourth-order valence-electron chi connectivity index (χ4n) is 2.79. The van der Waals surface area contributed by atoms with E-state index in [1.807, 2.05) is 12.1 Å². The van der Waals surface area contributed by atoms with Crippen molar-refractivity contribution in [3.05, 3.63) is 96.2 Å². The lowest BCUT2D eigenvalue weighted by Gasteiger charge is -2.28. The van der Waals surface area contributed by atoms with E-state index in [9.17, 15) is 0 Å². The van der Waals surface area contributed by atoms with Crippen molar-refractivity contribution >= 4 is 23.2 Å². The summed E-state index contributed by atoms with van der Waals surface area (Å²) < 4.78 is 7.47. The molecule has 1 aliphatic rings. The van der Waals surface area contributed by atoms with Crippen LogP contribution in [0.3, 0.4) is 0 Å². The van der Waals surface area contributed by atoms with Crippen LogP contribution in [0.15, 0.2) is 90.0 Å². The molecule has 118 valence electrons. The lowest BCUT2D eigenvalue weighted by Crippen LogP contribution is -2.12. The molecule has 0 radical (unpaired) electrons. The summed E-state index contributed by atoms with van der Waals surface area (Å²) in [6.07, 6.45) is 2.21. The third-order valence-electron chi connectivity index (χ3n) is 4.03. The number of fused-ring (bicyclic) bond motifs is 1. The van der Waals surface area contributed by atoms with Crippen LogP contribution in [-0.4, -0.2) is 7.11 Å². The van der Waals surface area contributed by atoms with Crippen LogP contribution >= 0.6 is 11.9 Å². The second-order valence-electron chi connectivity index (χ2n) is 5.52. The minimum absolute atomic E-state index is 0.869. The topological polar surface area (TPSA) is 12.5 Å². The SMILES string of the molecule is COc1ccc(N2C=C(c3ccccc3)c3ccccc3S2)cc1. The maximum atomic E-state index is 5.26. The number of anilines is 1. The van der Waals surface area contributed by atoms with Crippen LogP contribution in [-0.2, 0) is 0 Å². The fraction of sp³-hybridized carbons (Fsp3) is 0.0476. The van der Waals surface area contributed by atoms with Crippen LogP contribution in [0.2, 0.25) is 0 Å². The molecule has 24 heavy (non-hydrogen) atoms. The summed E-state index contributed by atoms with van der Waals surface area (Å²) in [6.45, 7) is 0. The van der Waals surface area contributed by atoms with Gasteiger partial charge >= 0.3 is 0 Å². The molecule has 0 unspecified atom stereocenters. The molecule has 0 fully saturated rings. The Morgan fingerprint density at radius 1 is 0.792 bits per heavy atom. The van der Waals surface area contributed by atoms with Crippen LogP contribution in [0.4, 0.5) is 5.69 Å². The van der Waals surface area contributed by atoms with Gasteiger partial charge in [-0.15, -0.1) is 0 Å². The Morgan fingerprint density at radius 3 is 2.25 bits per heavy atom. The normalized spacial score (nSPS) is 13.2. The molecule has 3 aromatic carbocycles. The first kappa shape index (κ1) is 14.9. The molecule has 0 aromatic heterocycles. The summed E-state index contributed by atoms with van der Waals surface area (Å²) in [5.74, 6) is 0.869. The summed E-state index contributed by atoms with van der Waals surface area (Å²) >= 11 is 1.74. The number of hydrogen-bond donors (Lipinski definition) is 0. The van der Waals surface area contributed by atoms with Gasteiger partial charge in [0.15, 0.2) is 0 Å². The van der Waals surface area contributed by atoms with Crippen molar-refractivity contribution < 1.29 is 4.74 Å². The standard InChI is InChI=1S/C21H17NOS/c1-23-18-13-11-17(12-14-18)22-15-20(16-7-3-2-4-8-16)19-9-5-6-10-21(19)24-22/h2-15H,1H3. The third-order valence-corrected chi connectivity index (χ3v) is 5.10. The zero-order valence-electron chi connectivity index (χ0n) is 13.3. The Kier molecular flexibility index (Phi) is 4.01. The average molecular weight is 331 g/mol. The molecular weight excluding hydrogens is 314 g/mol. The Labute approximate surface area is 146 Å². The van der Waals surface area contributed by atoms with Crippen LogP contribution in [0.25, 0.3) is 5.57 Å². The second kappa shape index (κ2) is 6.46. The van der Waals surface area contributed by atoms with Gasteiger partial charge in [0.2, 0.25) is 0 Å². The summed E-state index contributed by atoms with van der Waals surface area (Å²) in [4.78, 5) is 1.26. The van der Waals surface area contributed by atoms with Gasteiger partial charge in [-0.3, -0.25) is 4.31 Å². The predicted molar refractivity (Wildman–Crippen MR) is 101 cm³/mol. The smallest absolute Gasteiger partial charge is 0.119 e. The highest BCUT2D eigenvalue weighted by Crippen LogP contribution is 2.42. The molecule has 0 bridgehead atoms. The molecule has 0 aliphatic carbocycles. The van der Waals surface area contributed by atoms with E-state index < -0.39 is 0 Å². The van der Waals surface area contributed by atoms with E-state index in [-0.39, 0.29) is 0 Å². The van der Waals surface area contributed by atoms with E-state index in [0.717, 1.165) is 11.4 Å². The van der Waals surface area contributed by atoms with E-state index in [2.05, 4.69) is 77.2 Å². The third kappa shape index (κ3) is 2.79.